The topological polar surface area (TPSA) is 81.5 Å². The van der Waals surface area contributed by atoms with E-state index in [1.165, 1.54) is 29.8 Å². The predicted molar refractivity (Wildman–Crippen MR) is 103 cm³/mol. The number of nitrogens with zero attached hydrogens (tertiary/aromatic N) is 1. The van der Waals surface area contributed by atoms with E-state index < -0.39 is 4.92 Å². The van der Waals surface area contributed by atoms with Crippen LogP contribution in [0.3, 0.4) is 0 Å². The number of carbonyl (C=O) groups is 1. The molecule has 136 valence electrons. The second-order valence-electron chi connectivity index (χ2n) is 5.87. The van der Waals surface area contributed by atoms with Crippen LogP contribution in [0.1, 0.15) is 15.9 Å². The minimum atomic E-state index is -0.502. The number of anilines is 1. The van der Waals surface area contributed by atoms with Crippen molar-refractivity contribution in [3.63, 3.8) is 0 Å². The summed E-state index contributed by atoms with van der Waals surface area (Å²) in [5, 5.41) is 13.4. The summed E-state index contributed by atoms with van der Waals surface area (Å²) in [5.74, 6) is 0.391. The van der Waals surface area contributed by atoms with Crippen molar-refractivity contribution in [3.8, 4) is 5.75 Å². The number of non-ortho nitro benzene ring substituents is 1. The maximum Gasteiger partial charge on any atom is 0.269 e. The van der Waals surface area contributed by atoms with E-state index in [1.807, 2.05) is 18.2 Å². The van der Waals surface area contributed by atoms with Gasteiger partial charge >= 0.3 is 0 Å². The van der Waals surface area contributed by atoms with Crippen molar-refractivity contribution >= 4 is 17.3 Å². The molecule has 1 amide bonds. The summed E-state index contributed by atoms with van der Waals surface area (Å²) in [6.07, 6.45) is 0.819. The molecule has 1 N–H and O–H groups in total. The van der Waals surface area contributed by atoms with Crippen LogP contribution < -0.4 is 10.1 Å². The molecule has 0 spiro atoms. The molecule has 0 atom stereocenters. The van der Waals surface area contributed by atoms with E-state index in [0.717, 1.165) is 12.2 Å². The zero-order valence-corrected chi connectivity index (χ0v) is 14.5. The highest BCUT2D eigenvalue weighted by Crippen LogP contribution is 2.18. The van der Waals surface area contributed by atoms with Crippen LogP contribution in [0.4, 0.5) is 11.4 Å². The molecule has 0 aliphatic heterocycles. The molecule has 0 aliphatic rings. The minimum absolute atomic E-state index is 0.0523. The fraction of sp³-hybridized carbons (Fsp3) is 0.0952. The molecule has 0 saturated heterocycles. The second kappa shape index (κ2) is 8.62. The van der Waals surface area contributed by atoms with Crippen LogP contribution in [0.15, 0.2) is 78.9 Å². The standard InChI is InChI=1S/C21H18N2O4/c24-21(17-6-10-19(11-7-17)23(25)26)22-18-8-12-20(13-9-18)27-15-14-16-4-2-1-3-5-16/h1-13H,14-15H2,(H,22,24). The highest BCUT2D eigenvalue weighted by atomic mass is 16.6. The van der Waals surface area contributed by atoms with E-state index in [9.17, 15) is 14.9 Å². The molecule has 0 heterocycles. The Morgan fingerprint density at radius 2 is 1.59 bits per heavy atom. The third-order valence-electron chi connectivity index (χ3n) is 3.95. The van der Waals surface area contributed by atoms with E-state index in [0.29, 0.717) is 17.9 Å². The number of ether oxygens (including phenoxy) is 1. The minimum Gasteiger partial charge on any atom is -0.493 e. The van der Waals surface area contributed by atoms with E-state index in [1.54, 1.807) is 24.3 Å². The lowest BCUT2D eigenvalue weighted by molar-refractivity contribution is -0.384. The number of nitro groups is 1. The summed E-state index contributed by atoms with van der Waals surface area (Å²) < 4.78 is 5.71. The SMILES string of the molecule is O=C(Nc1ccc(OCCc2ccccc2)cc1)c1ccc([N+](=O)[O-])cc1. The normalized spacial score (nSPS) is 10.2. The molecule has 0 unspecified atom stereocenters. The lowest BCUT2D eigenvalue weighted by Gasteiger charge is -2.08. The molecule has 3 aromatic carbocycles. The molecule has 0 saturated carbocycles. The fourth-order valence-corrected chi connectivity index (χ4v) is 2.50. The zero-order valence-electron chi connectivity index (χ0n) is 14.5. The Morgan fingerprint density at radius 3 is 2.22 bits per heavy atom. The summed E-state index contributed by atoms with van der Waals surface area (Å²) in [6.45, 7) is 0.568. The Kier molecular flexibility index (Phi) is 5.79. The van der Waals surface area contributed by atoms with Gasteiger partial charge < -0.3 is 10.1 Å². The molecule has 0 aliphatic carbocycles. The summed E-state index contributed by atoms with van der Waals surface area (Å²) in [6, 6.07) is 22.6. The molecule has 0 aromatic heterocycles. The van der Waals surface area contributed by atoms with Gasteiger partial charge in [-0.05, 0) is 42.0 Å². The fourth-order valence-electron chi connectivity index (χ4n) is 2.50. The Bertz CT molecular complexity index is 907. The molecule has 0 bridgehead atoms. The van der Waals surface area contributed by atoms with Gasteiger partial charge in [-0.2, -0.15) is 0 Å². The van der Waals surface area contributed by atoms with Crippen LogP contribution in [0.5, 0.6) is 5.75 Å². The second-order valence-corrected chi connectivity index (χ2v) is 5.87. The van der Waals surface area contributed by atoms with Gasteiger partial charge in [0.15, 0.2) is 0 Å². The predicted octanol–water partition coefficient (Wildman–Crippen LogP) is 4.47. The molecular weight excluding hydrogens is 344 g/mol. The lowest BCUT2D eigenvalue weighted by Crippen LogP contribution is -2.11. The van der Waals surface area contributed by atoms with Gasteiger partial charge in [0.25, 0.3) is 11.6 Å². The molecular formula is C21H18N2O4. The number of nitrogens with one attached hydrogen (secondary N) is 1. The monoisotopic (exact) mass is 362 g/mol. The van der Waals surface area contributed by atoms with Crippen LogP contribution in [-0.4, -0.2) is 17.4 Å². The van der Waals surface area contributed by atoms with Gasteiger partial charge in [-0.3, -0.25) is 14.9 Å². The molecule has 3 aromatic rings. The van der Waals surface area contributed by atoms with Crippen molar-refractivity contribution in [2.75, 3.05) is 11.9 Å². The van der Waals surface area contributed by atoms with E-state index >= 15 is 0 Å². The molecule has 6 nitrogen and oxygen atoms in total. The number of amides is 1. The number of benzene rings is 3. The number of nitro benzene ring substituents is 1. The van der Waals surface area contributed by atoms with E-state index in [2.05, 4.69) is 17.4 Å². The van der Waals surface area contributed by atoms with Crippen LogP contribution in [-0.2, 0) is 6.42 Å². The van der Waals surface area contributed by atoms with Crippen LogP contribution in [0.2, 0.25) is 0 Å². The molecule has 0 radical (unpaired) electrons. The number of carbonyl (C=O) groups excluding carboxylic acids is 1. The molecule has 27 heavy (non-hydrogen) atoms. The highest BCUT2D eigenvalue weighted by molar-refractivity contribution is 6.04. The van der Waals surface area contributed by atoms with Crippen molar-refractivity contribution in [3.05, 3.63) is 100 Å². The van der Waals surface area contributed by atoms with Crippen LogP contribution >= 0.6 is 0 Å². The third kappa shape index (κ3) is 5.15. The Balaban J connectivity index is 1.52. The quantitative estimate of drug-likeness (QED) is 0.497. The summed E-state index contributed by atoms with van der Waals surface area (Å²) in [5.41, 5.74) is 2.13. The van der Waals surface area contributed by atoms with Crippen molar-refractivity contribution < 1.29 is 14.5 Å². The number of hydrogen-bond acceptors (Lipinski definition) is 4. The van der Waals surface area contributed by atoms with Gasteiger partial charge in [-0.25, -0.2) is 0 Å². The first-order valence-corrected chi connectivity index (χ1v) is 8.44. The first-order chi connectivity index (χ1) is 13.1. The third-order valence-corrected chi connectivity index (χ3v) is 3.95. The Hall–Kier alpha value is -3.67. The maximum absolute atomic E-state index is 12.2. The van der Waals surface area contributed by atoms with Gasteiger partial charge in [0.2, 0.25) is 0 Å². The lowest BCUT2D eigenvalue weighted by atomic mass is 10.2. The van der Waals surface area contributed by atoms with Crippen molar-refractivity contribution in [2.45, 2.75) is 6.42 Å². The number of rotatable bonds is 7. The molecule has 6 heteroatoms. The van der Waals surface area contributed by atoms with Gasteiger partial charge in [0, 0.05) is 29.8 Å². The summed E-state index contributed by atoms with van der Waals surface area (Å²) >= 11 is 0. The first-order valence-electron chi connectivity index (χ1n) is 8.44. The Morgan fingerprint density at radius 1 is 0.926 bits per heavy atom. The molecule has 3 rings (SSSR count). The van der Waals surface area contributed by atoms with E-state index in [4.69, 9.17) is 4.74 Å². The van der Waals surface area contributed by atoms with Gasteiger partial charge in [-0.1, -0.05) is 30.3 Å². The summed E-state index contributed by atoms with van der Waals surface area (Å²) in [4.78, 5) is 22.3. The largest absolute Gasteiger partial charge is 0.493 e. The van der Waals surface area contributed by atoms with Gasteiger partial charge in [0.05, 0.1) is 11.5 Å². The average Bonchev–Trinajstić information content (AvgIpc) is 2.70. The van der Waals surface area contributed by atoms with Gasteiger partial charge in [0.1, 0.15) is 5.75 Å². The zero-order chi connectivity index (χ0) is 19.1. The summed E-state index contributed by atoms with van der Waals surface area (Å²) in [7, 11) is 0. The van der Waals surface area contributed by atoms with Crippen LogP contribution in [0, 0.1) is 10.1 Å². The maximum atomic E-state index is 12.2. The highest BCUT2D eigenvalue weighted by Gasteiger charge is 2.09. The molecule has 0 fully saturated rings. The number of hydrogen-bond donors (Lipinski definition) is 1. The van der Waals surface area contributed by atoms with Crippen LogP contribution in [0.25, 0.3) is 0 Å². The van der Waals surface area contributed by atoms with Crippen molar-refractivity contribution in [1.29, 1.82) is 0 Å². The smallest absolute Gasteiger partial charge is 0.269 e. The Labute approximate surface area is 156 Å². The average molecular weight is 362 g/mol. The van der Waals surface area contributed by atoms with E-state index in [-0.39, 0.29) is 11.6 Å². The van der Waals surface area contributed by atoms with Gasteiger partial charge in [-0.15, -0.1) is 0 Å². The first kappa shape index (κ1) is 18.1. The van der Waals surface area contributed by atoms with Crippen molar-refractivity contribution in [1.82, 2.24) is 0 Å². The van der Waals surface area contributed by atoms with Crippen molar-refractivity contribution in [2.24, 2.45) is 0 Å².